The van der Waals surface area contributed by atoms with Crippen LogP contribution in [0.2, 0.25) is 0 Å². The largest absolute Gasteiger partial charge is 0.466 e. The van der Waals surface area contributed by atoms with Crippen LogP contribution in [0.1, 0.15) is 85.1 Å². The Kier molecular flexibility index (Phi) is 9.87. The van der Waals surface area contributed by atoms with E-state index >= 15 is 0 Å². The molecule has 0 unspecified atom stereocenters. The van der Waals surface area contributed by atoms with Gasteiger partial charge in [-0.05, 0) is 68.9 Å². The van der Waals surface area contributed by atoms with Crippen LogP contribution >= 0.6 is 0 Å². The second kappa shape index (κ2) is 14.1. The number of methoxy groups -OCH3 is 1. The van der Waals surface area contributed by atoms with E-state index in [1.807, 2.05) is 11.9 Å². The number of anilines is 2. The third-order valence-electron chi connectivity index (χ3n) is 9.23. The van der Waals surface area contributed by atoms with Gasteiger partial charge in [0.1, 0.15) is 11.2 Å². The number of amides is 1. The summed E-state index contributed by atoms with van der Waals surface area (Å²) in [6.45, 7) is 3.24. The van der Waals surface area contributed by atoms with Gasteiger partial charge in [-0.3, -0.25) is 24.9 Å². The first-order chi connectivity index (χ1) is 23.5. The number of alkyl halides is 3. The van der Waals surface area contributed by atoms with Crippen LogP contribution in [0.15, 0.2) is 36.7 Å². The number of halogens is 3. The Hall–Kier alpha value is -4.59. The number of esters is 1. The molecule has 1 amide bonds. The zero-order valence-electron chi connectivity index (χ0n) is 27.8. The number of aromatic nitrogens is 5. The van der Waals surface area contributed by atoms with Crippen LogP contribution in [-0.2, 0) is 26.9 Å². The fourth-order valence-electron chi connectivity index (χ4n) is 6.78. The number of H-pyrrole nitrogens is 1. The van der Waals surface area contributed by atoms with Crippen molar-refractivity contribution in [3.8, 4) is 11.3 Å². The number of hydrogen-bond donors (Lipinski definition) is 2. The zero-order chi connectivity index (χ0) is 34.8. The van der Waals surface area contributed by atoms with Crippen molar-refractivity contribution >= 4 is 34.7 Å². The van der Waals surface area contributed by atoms with E-state index in [1.54, 1.807) is 32.2 Å². The van der Waals surface area contributed by atoms with Gasteiger partial charge in [0.25, 0.3) is 5.91 Å². The van der Waals surface area contributed by atoms with Crippen molar-refractivity contribution in [2.45, 2.75) is 70.4 Å². The molecule has 0 radical (unpaired) electrons. The maximum absolute atomic E-state index is 14.2. The fraction of sp³-hybridized carbons (Fsp3) is 0.486. The highest BCUT2D eigenvalue weighted by atomic mass is 19.4. The van der Waals surface area contributed by atoms with Crippen molar-refractivity contribution in [2.75, 3.05) is 44.1 Å². The molecule has 49 heavy (non-hydrogen) atoms. The highest BCUT2D eigenvalue weighted by Gasteiger charge is 2.40. The lowest BCUT2D eigenvalue weighted by Crippen LogP contribution is -2.37. The average Bonchev–Trinajstić information content (AvgIpc) is 3.69. The van der Waals surface area contributed by atoms with Crippen LogP contribution in [-0.4, -0.2) is 70.7 Å². The molecule has 2 N–H and O–H groups in total. The minimum Gasteiger partial charge on any atom is -0.466 e. The molecule has 6 rings (SSSR count). The van der Waals surface area contributed by atoms with Gasteiger partial charge < -0.3 is 19.4 Å². The lowest BCUT2D eigenvalue weighted by atomic mass is 9.86. The van der Waals surface area contributed by atoms with E-state index in [0.717, 1.165) is 37.3 Å². The molecule has 0 spiro atoms. The molecule has 0 aliphatic heterocycles. The molecule has 0 atom stereocenters. The van der Waals surface area contributed by atoms with Crippen LogP contribution in [0.25, 0.3) is 22.4 Å². The smallest absolute Gasteiger partial charge is 0.418 e. The first kappa shape index (κ1) is 34.3. The maximum Gasteiger partial charge on any atom is 0.418 e. The van der Waals surface area contributed by atoms with Gasteiger partial charge in [-0.25, -0.2) is 4.98 Å². The highest BCUT2D eigenvalue weighted by Crippen LogP contribution is 2.46. The molecule has 14 heteroatoms. The van der Waals surface area contributed by atoms with Crippen LogP contribution in [0.4, 0.5) is 24.8 Å². The van der Waals surface area contributed by atoms with Gasteiger partial charge in [-0.15, -0.1) is 0 Å². The molecule has 260 valence electrons. The van der Waals surface area contributed by atoms with E-state index in [0.29, 0.717) is 50.2 Å². The maximum atomic E-state index is 14.2. The summed E-state index contributed by atoms with van der Waals surface area (Å²) < 4.78 is 53.1. The predicted molar refractivity (Wildman–Crippen MR) is 177 cm³/mol. The average molecular weight is 680 g/mol. The van der Waals surface area contributed by atoms with Crippen molar-refractivity contribution < 1.29 is 32.2 Å². The number of carbonyl (C=O) groups is 2. The van der Waals surface area contributed by atoms with Crippen molar-refractivity contribution in [3.05, 3.63) is 59.2 Å². The van der Waals surface area contributed by atoms with Gasteiger partial charge >= 0.3 is 12.1 Å². The van der Waals surface area contributed by atoms with Gasteiger partial charge in [0, 0.05) is 56.4 Å². The summed E-state index contributed by atoms with van der Waals surface area (Å²) in [5, 5.41) is 2.74. The Morgan fingerprint density at radius 1 is 1.12 bits per heavy atom. The molecule has 2 saturated carbocycles. The molecule has 4 heterocycles. The summed E-state index contributed by atoms with van der Waals surface area (Å²) >= 11 is 0. The van der Waals surface area contributed by atoms with Crippen LogP contribution in [0.3, 0.4) is 0 Å². The molecule has 0 bridgehead atoms. The Bertz CT molecular complexity index is 1830. The number of hydrogen-bond acceptors (Lipinski definition) is 9. The SMILES string of the molecule is CCOC(=O)CCc1ccnc(C(=O)Nc2nc3nc(-c4cnc(C5CC5)c(C(F)(F)F)c4)cc(N(C)CC4(COC)CCCC4)c3[nH]2)c1. The van der Waals surface area contributed by atoms with Crippen LogP contribution < -0.4 is 10.2 Å². The number of imidazole rings is 1. The van der Waals surface area contributed by atoms with E-state index in [1.165, 1.54) is 12.4 Å². The molecule has 2 aliphatic carbocycles. The number of rotatable bonds is 13. The molecule has 4 aromatic heterocycles. The third kappa shape index (κ3) is 7.85. The predicted octanol–water partition coefficient (Wildman–Crippen LogP) is 6.70. The van der Waals surface area contributed by atoms with E-state index in [2.05, 4.69) is 30.2 Å². The standard InChI is InChI=1S/C35H40F3N7O4/c1-4-49-28(46)10-7-21-11-14-39-26(15-21)32(47)44-33-42-30-27(45(2)19-34(20-48-3)12-5-6-13-34)17-25(41-31(30)43-33)23-16-24(35(36,37)38)29(40-18-23)22-8-9-22/h11,14-18,22H,4-10,12-13,19-20H2,1-3H3,(H2,41,42,43,44,47). The number of ether oxygens (including phenoxy) is 2. The molecule has 2 fully saturated rings. The summed E-state index contributed by atoms with van der Waals surface area (Å²) in [4.78, 5) is 47.9. The van der Waals surface area contributed by atoms with E-state index in [9.17, 15) is 22.8 Å². The van der Waals surface area contributed by atoms with Gasteiger partial charge in [0.2, 0.25) is 5.95 Å². The van der Waals surface area contributed by atoms with Crippen molar-refractivity contribution in [2.24, 2.45) is 5.41 Å². The Balaban J connectivity index is 1.34. The number of pyridine rings is 3. The number of nitrogens with one attached hydrogen (secondary N) is 2. The summed E-state index contributed by atoms with van der Waals surface area (Å²) in [5.74, 6) is -0.947. The van der Waals surface area contributed by atoms with Gasteiger partial charge in [0.05, 0.1) is 35.9 Å². The summed E-state index contributed by atoms with van der Waals surface area (Å²) in [7, 11) is 3.61. The van der Waals surface area contributed by atoms with Crippen LogP contribution in [0.5, 0.6) is 0 Å². The number of fused-ring (bicyclic) bond motifs is 1. The van der Waals surface area contributed by atoms with Gasteiger partial charge in [-0.2, -0.15) is 18.2 Å². The van der Waals surface area contributed by atoms with Gasteiger partial charge in [0.15, 0.2) is 5.65 Å². The van der Waals surface area contributed by atoms with Crippen LogP contribution in [0, 0.1) is 5.41 Å². The zero-order valence-corrected chi connectivity index (χ0v) is 27.8. The molecule has 0 saturated heterocycles. The van der Waals surface area contributed by atoms with Crippen molar-refractivity contribution in [3.63, 3.8) is 0 Å². The first-order valence-electron chi connectivity index (χ1n) is 16.6. The second-order valence-corrected chi connectivity index (χ2v) is 13.0. The molecular formula is C35H40F3N7O4. The number of aromatic amines is 1. The Labute approximate surface area is 282 Å². The fourth-order valence-corrected chi connectivity index (χ4v) is 6.78. The minimum atomic E-state index is -4.56. The molecule has 4 aromatic rings. The monoisotopic (exact) mass is 679 g/mol. The van der Waals surface area contributed by atoms with Crippen molar-refractivity contribution in [1.82, 2.24) is 24.9 Å². The molecule has 0 aromatic carbocycles. The quantitative estimate of drug-likeness (QED) is 0.148. The van der Waals surface area contributed by atoms with E-state index in [4.69, 9.17) is 9.47 Å². The summed E-state index contributed by atoms with van der Waals surface area (Å²) in [5.41, 5.74) is 2.00. The number of aryl methyl sites for hydroxylation is 1. The number of carbonyl (C=O) groups excluding carboxylic acids is 2. The normalized spacial score (nSPS) is 15.8. The van der Waals surface area contributed by atoms with Gasteiger partial charge in [-0.1, -0.05) is 12.8 Å². The summed E-state index contributed by atoms with van der Waals surface area (Å²) in [6, 6.07) is 6.18. The first-order valence-corrected chi connectivity index (χ1v) is 16.6. The van der Waals surface area contributed by atoms with Crippen molar-refractivity contribution in [1.29, 1.82) is 0 Å². The van der Waals surface area contributed by atoms with E-state index < -0.39 is 17.6 Å². The molecule has 11 nitrogen and oxygen atoms in total. The van der Waals surface area contributed by atoms with E-state index in [-0.39, 0.29) is 58.0 Å². The Morgan fingerprint density at radius 2 is 1.90 bits per heavy atom. The second-order valence-electron chi connectivity index (χ2n) is 13.0. The molecule has 2 aliphatic rings. The lowest BCUT2D eigenvalue weighted by Gasteiger charge is -2.34. The topological polar surface area (TPSA) is 135 Å². The Morgan fingerprint density at radius 3 is 2.59 bits per heavy atom. The number of nitrogens with zero attached hydrogens (tertiary/aromatic N) is 5. The third-order valence-corrected chi connectivity index (χ3v) is 9.23. The molecular weight excluding hydrogens is 639 g/mol. The minimum absolute atomic E-state index is 0.0701. The lowest BCUT2D eigenvalue weighted by molar-refractivity contribution is -0.143. The summed E-state index contributed by atoms with van der Waals surface area (Å²) in [6.07, 6.45) is 4.46. The highest BCUT2D eigenvalue weighted by molar-refractivity contribution is 6.03.